The van der Waals surface area contributed by atoms with E-state index in [4.69, 9.17) is 0 Å². The number of para-hydroxylation sites is 1. The standard InChI is InChI=1S/C23H22N4OS2/c1-26(2)22(28)21(17-10-5-3-6-11-17)30-23-25-24-20(16-19-14-9-15-29-19)27(23)18-12-7-4-8-13-18/h3-15,21H,16H2,1-2H3/t21-/m1/s1. The first-order valence-corrected chi connectivity index (χ1v) is 11.3. The van der Waals surface area contributed by atoms with Crippen molar-refractivity contribution in [1.82, 2.24) is 19.7 Å². The molecule has 0 fully saturated rings. The molecule has 0 saturated carbocycles. The van der Waals surface area contributed by atoms with Crippen molar-refractivity contribution >= 4 is 29.0 Å². The first kappa shape index (κ1) is 20.4. The second kappa shape index (κ2) is 9.28. The summed E-state index contributed by atoms with van der Waals surface area (Å²) in [6, 6.07) is 24.0. The third-order valence-corrected chi connectivity index (χ3v) is 6.68. The Balaban J connectivity index is 1.75. The molecule has 4 rings (SSSR count). The number of nitrogens with zero attached hydrogens (tertiary/aromatic N) is 4. The molecule has 0 aliphatic heterocycles. The fourth-order valence-corrected chi connectivity index (χ4v) is 5.05. The highest BCUT2D eigenvalue weighted by Gasteiger charge is 2.27. The zero-order valence-corrected chi connectivity index (χ0v) is 18.4. The first-order chi connectivity index (χ1) is 14.6. The third kappa shape index (κ3) is 4.47. The van der Waals surface area contributed by atoms with Gasteiger partial charge in [0.1, 0.15) is 11.1 Å². The smallest absolute Gasteiger partial charge is 0.240 e. The van der Waals surface area contributed by atoms with Crippen LogP contribution in [-0.4, -0.2) is 39.7 Å². The number of carbonyl (C=O) groups is 1. The molecule has 0 saturated heterocycles. The lowest BCUT2D eigenvalue weighted by molar-refractivity contribution is -0.128. The molecule has 0 radical (unpaired) electrons. The molecule has 0 bridgehead atoms. The number of rotatable bonds is 7. The van der Waals surface area contributed by atoms with Crippen LogP contribution in [0, 0.1) is 0 Å². The summed E-state index contributed by atoms with van der Waals surface area (Å²) in [7, 11) is 3.56. The summed E-state index contributed by atoms with van der Waals surface area (Å²) in [5.74, 6) is 0.879. The molecule has 0 N–H and O–H groups in total. The van der Waals surface area contributed by atoms with E-state index in [9.17, 15) is 4.79 Å². The lowest BCUT2D eigenvalue weighted by atomic mass is 10.1. The number of thioether (sulfide) groups is 1. The summed E-state index contributed by atoms with van der Waals surface area (Å²) >= 11 is 3.14. The van der Waals surface area contributed by atoms with Crippen LogP contribution in [0.15, 0.2) is 83.3 Å². The van der Waals surface area contributed by atoms with Crippen LogP contribution < -0.4 is 0 Å². The van der Waals surface area contributed by atoms with Gasteiger partial charge >= 0.3 is 0 Å². The van der Waals surface area contributed by atoms with Gasteiger partial charge in [-0.05, 0) is 29.1 Å². The van der Waals surface area contributed by atoms with Gasteiger partial charge in [0, 0.05) is 31.1 Å². The Morgan fingerprint density at radius 2 is 1.70 bits per heavy atom. The van der Waals surface area contributed by atoms with Gasteiger partial charge < -0.3 is 4.90 Å². The summed E-state index contributed by atoms with van der Waals surface area (Å²) in [5.41, 5.74) is 1.93. The van der Waals surface area contributed by atoms with Gasteiger partial charge in [0.2, 0.25) is 5.91 Å². The van der Waals surface area contributed by atoms with Crippen LogP contribution in [-0.2, 0) is 11.2 Å². The molecule has 2 aromatic carbocycles. The first-order valence-electron chi connectivity index (χ1n) is 9.58. The normalized spacial score (nSPS) is 11.9. The number of aromatic nitrogens is 3. The molecule has 4 aromatic rings. The van der Waals surface area contributed by atoms with Crippen LogP contribution in [0.4, 0.5) is 0 Å². The lowest BCUT2D eigenvalue weighted by Gasteiger charge is -2.20. The molecule has 0 aliphatic rings. The van der Waals surface area contributed by atoms with Gasteiger partial charge in [-0.3, -0.25) is 9.36 Å². The van der Waals surface area contributed by atoms with Crippen LogP contribution in [0.3, 0.4) is 0 Å². The summed E-state index contributed by atoms with van der Waals surface area (Å²) in [5, 5.41) is 11.4. The molecule has 0 unspecified atom stereocenters. The highest BCUT2D eigenvalue weighted by molar-refractivity contribution is 8.00. The fourth-order valence-electron chi connectivity index (χ4n) is 3.13. The summed E-state index contributed by atoms with van der Waals surface area (Å²) < 4.78 is 2.06. The van der Waals surface area contributed by atoms with Gasteiger partial charge in [-0.25, -0.2) is 0 Å². The third-order valence-electron chi connectivity index (χ3n) is 4.62. The van der Waals surface area contributed by atoms with E-state index < -0.39 is 5.25 Å². The zero-order valence-electron chi connectivity index (χ0n) is 16.8. The molecule has 2 aromatic heterocycles. The topological polar surface area (TPSA) is 51.0 Å². The van der Waals surface area contributed by atoms with Crippen LogP contribution in [0.1, 0.15) is 21.5 Å². The average molecular weight is 435 g/mol. The van der Waals surface area contributed by atoms with Crippen molar-refractivity contribution in [2.75, 3.05) is 14.1 Å². The number of carbonyl (C=O) groups excluding carboxylic acids is 1. The number of hydrogen-bond acceptors (Lipinski definition) is 5. The van der Waals surface area contributed by atoms with Gasteiger partial charge in [0.25, 0.3) is 0 Å². The molecule has 7 heteroatoms. The van der Waals surface area contributed by atoms with Crippen molar-refractivity contribution in [3.63, 3.8) is 0 Å². The summed E-state index contributed by atoms with van der Waals surface area (Å²) in [6.07, 6.45) is 0.692. The van der Waals surface area contributed by atoms with E-state index in [0.717, 1.165) is 17.1 Å². The van der Waals surface area contributed by atoms with Crippen LogP contribution in [0.5, 0.6) is 0 Å². The van der Waals surface area contributed by atoms with E-state index >= 15 is 0 Å². The Morgan fingerprint density at radius 3 is 2.33 bits per heavy atom. The highest BCUT2D eigenvalue weighted by Crippen LogP contribution is 2.37. The number of hydrogen-bond donors (Lipinski definition) is 0. The minimum Gasteiger partial charge on any atom is -0.348 e. The molecule has 0 aliphatic carbocycles. The van der Waals surface area contributed by atoms with Crippen molar-refractivity contribution in [2.24, 2.45) is 0 Å². The maximum Gasteiger partial charge on any atom is 0.240 e. The van der Waals surface area contributed by atoms with Crippen LogP contribution >= 0.6 is 23.1 Å². The van der Waals surface area contributed by atoms with Gasteiger partial charge in [-0.1, -0.05) is 66.4 Å². The van der Waals surface area contributed by atoms with E-state index in [1.807, 2.05) is 66.7 Å². The molecule has 30 heavy (non-hydrogen) atoms. The molecule has 1 amide bonds. The van der Waals surface area contributed by atoms with E-state index in [0.29, 0.717) is 11.6 Å². The monoisotopic (exact) mass is 434 g/mol. The number of thiophene rings is 1. The number of likely N-dealkylation sites (N-methyl/N-ethyl adjacent to an activating group) is 1. The Kier molecular flexibility index (Phi) is 6.30. The van der Waals surface area contributed by atoms with Crippen molar-refractivity contribution in [3.8, 4) is 5.69 Å². The van der Waals surface area contributed by atoms with Crippen molar-refractivity contribution < 1.29 is 4.79 Å². The minimum absolute atomic E-state index is 0.0219. The summed E-state index contributed by atoms with van der Waals surface area (Å²) in [6.45, 7) is 0. The maximum absolute atomic E-state index is 13.0. The Hall–Kier alpha value is -2.90. The predicted molar refractivity (Wildman–Crippen MR) is 122 cm³/mol. The Morgan fingerprint density at radius 1 is 1.00 bits per heavy atom. The predicted octanol–water partition coefficient (Wildman–Crippen LogP) is 4.84. The van der Waals surface area contributed by atoms with Gasteiger partial charge in [0.15, 0.2) is 5.16 Å². The molecule has 2 heterocycles. The quantitative estimate of drug-likeness (QED) is 0.391. The number of amides is 1. The second-order valence-electron chi connectivity index (χ2n) is 6.97. The van der Waals surface area contributed by atoms with Crippen molar-refractivity contribution in [3.05, 3.63) is 94.4 Å². The average Bonchev–Trinajstić information content (AvgIpc) is 3.43. The van der Waals surface area contributed by atoms with E-state index in [-0.39, 0.29) is 5.91 Å². The van der Waals surface area contributed by atoms with E-state index in [2.05, 4.69) is 26.2 Å². The maximum atomic E-state index is 13.0. The fraction of sp³-hybridized carbons (Fsp3) is 0.174. The van der Waals surface area contributed by atoms with Gasteiger partial charge in [0.05, 0.1) is 0 Å². The molecular weight excluding hydrogens is 412 g/mol. The molecule has 1 atom stereocenters. The van der Waals surface area contributed by atoms with Crippen molar-refractivity contribution in [1.29, 1.82) is 0 Å². The molecular formula is C23H22N4OS2. The molecule has 0 spiro atoms. The number of benzene rings is 2. The zero-order chi connectivity index (χ0) is 20.9. The van der Waals surface area contributed by atoms with Gasteiger partial charge in [-0.2, -0.15) is 0 Å². The Labute approximate surface area is 184 Å². The summed E-state index contributed by atoms with van der Waals surface area (Å²) in [4.78, 5) is 15.9. The molecule has 152 valence electrons. The molecule has 5 nitrogen and oxygen atoms in total. The Bertz CT molecular complexity index is 1090. The van der Waals surface area contributed by atoms with E-state index in [1.165, 1.54) is 16.6 Å². The largest absolute Gasteiger partial charge is 0.348 e. The second-order valence-corrected chi connectivity index (χ2v) is 9.07. The lowest BCUT2D eigenvalue weighted by Crippen LogP contribution is -2.27. The minimum atomic E-state index is -0.401. The highest BCUT2D eigenvalue weighted by atomic mass is 32.2. The van der Waals surface area contributed by atoms with Crippen molar-refractivity contribution in [2.45, 2.75) is 16.8 Å². The van der Waals surface area contributed by atoms with E-state index in [1.54, 1.807) is 30.3 Å². The van der Waals surface area contributed by atoms with Crippen LogP contribution in [0.25, 0.3) is 5.69 Å². The SMILES string of the molecule is CN(C)C(=O)[C@H](Sc1nnc(Cc2cccs2)n1-c1ccccc1)c1ccccc1. The van der Waals surface area contributed by atoms with Gasteiger partial charge in [-0.15, -0.1) is 21.5 Å². The van der Waals surface area contributed by atoms with Crippen LogP contribution in [0.2, 0.25) is 0 Å².